The Balaban J connectivity index is 2.43. The number of hydrogen-bond donors (Lipinski definition) is 2. The van der Waals surface area contributed by atoms with Crippen LogP contribution in [0.2, 0.25) is 0 Å². The average Bonchev–Trinajstić information content (AvgIpc) is 2.60. The van der Waals surface area contributed by atoms with E-state index in [4.69, 9.17) is 5.11 Å². The van der Waals surface area contributed by atoms with Crippen LogP contribution in [0.1, 0.15) is 12.8 Å². The number of nitrogens with one attached hydrogen (secondary N) is 1. The minimum atomic E-state index is -4.92. The number of nitrogens with zero attached hydrogens (tertiary/aromatic N) is 1. The van der Waals surface area contributed by atoms with Gasteiger partial charge in [-0.15, -0.1) is 0 Å². The summed E-state index contributed by atoms with van der Waals surface area (Å²) in [6.45, 7) is -0.00741. The summed E-state index contributed by atoms with van der Waals surface area (Å²) >= 11 is 0. The molecule has 1 aliphatic rings. The number of amides is 2. The summed E-state index contributed by atoms with van der Waals surface area (Å²) in [6, 6.07) is -0.566. The number of hydrogen-bond acceptors (Lipinski definition) is 2. The quantitative estimate of drug-likeness (QED) is 0.750. The van der Waals surface area contributed by atoms with Crippen LogP contribution in [-0.4, -0.2) is 47.3 Å². The van der Waals surface area contributed by atoms with Crippen molar-refractivity contribution in [2.45, 2.75) is 25.1 Å². The van der Waals surface area contributed by atoms with Gasteiger partial charge in [-0.2, -0.15) is 13.2 Å². The maximum Gasteiger partial charge on any atom is 0.471 e. The summed E-state index contributed by atoms with van der Waals surface area (Å²) in [6.07, 6.45) is -5.04. The van der Waals surface area contributed by atoms with Crippen LogP contribution in [0, 0.1) is 0 Å². The van der Waals surface area contributed by atoms with Gasteiger partial charge in [-0.3, -0.25) is 4.79 Å². The van der Waals surface area contributed by atoms with Crippen LogP contribution in [0.15, 0.2) is 0 Å². The predicted molar refractivity (Wildman–Crippen MR) is 46.8 cm³/mol. The van der Waals surface area contributed by atoms with Gasteiger partial charge in [0.25, 0.3) is 0 Å². The molecule has 0 unspecified atom stereocenters. The first kappa shape index (κ1) is 12.6. The van der Waals surface area contributed by atoms with Crippen molar-refractivity contribution in [1.29, 1.82) is 0 Å². The van der Waals surface area contributed by atoms with E-state index in [-0.39, 0.29) is 6.54 Å². The Morgan fingerprint density at radius 2 is 2.06 bits per heavy atom. The maximum absolute atomic E-state index is 11.8. The molecule has 0 spiro atoms. The summed E-state index contributed by atoms with van der Waals surface area (Å²) < 4.78 is 35.5. The molecule has 1 atom stereocenters. The number of rotatable bonds is 2. The summed E-state index contributed by atoms with van der Waals surface area (Å²) in [5, 5.41) is 10.4. The van der Waals surface area contributed by atoms with Gasteiger partial charge < -0.3 is 15.3 Å². The van der Waals surface area contributed by atoms with Gasteiger partial charge in [0.2, 0.25) is 0 Å². The van der Waals surface area contributed by atoms with Crippen molar-refractivity contribution in [3.05, 3.63) is 0 Å². The Labute approximate surface area is 89.2 Å². The van der Waals surface area contributed by atoms with Crippen LogP contribution >= 0.6 is 0 Å². The van der Waals surface area contributed by atoms with E-state index >= 15 is 0 Å². The lowest BCUT2D eigenvalue weighted by molar-refractivity contribution is -0.173. The van der Waals surface area contributed by atoms with E-state index in [9.17, 15) is 22.8 Å². The standard InChI is InChI=1S/C8H11F3N2O3/c9-8(10,11)6(14)12-4-5-2-1-3-13(5)7(15)16/h5H,1-4H2,(H,12,14)(H,15,16)/t5-/m0/s1. The Kier molecular flexibility index (Phi) is 3.61. The van der Waals surface area contributed by atoms with Crippen LogP contribution in [0.25, 0.3) is 0 Å². The second-order valence-corrected chi connectivity index (χ2v) is 3.48. The highest BCUT2D eigenvalue weighted by atomic mass is 19.4. The van der Waals surface area contributed by atoms with Crippen molar-refractivity contribution in [3.63, 3.8) is 0 Å². The number of carboxylic acid groups (broad SMARTS) is 1. The van der Waals surface area contributed by atoms with Gasteiger partial charge in [-0.05, 0) is 12.8 Å². The van der Waals surface area contributed by atoms with E-state index in [2.05, 4.69) is 0 Å². The van der Waals surface area contributed by atoms with Gasteiger partial charge >= 0.3 is 18.2 Å². The summed E-state index contributed by atoms with van der Waals surface area (Å²) in [4.78, 5) is 22.2. The highest BCUT2D eigenvalue weighted by Gasteiger charge is 2.39. The molecular formula is C8H11F3N2O3. The molecule has 0 saturated carbocycles. The highest BCUT2D eigenvalue weighted by molar-refractivity contribution is 5.81. The largest absolute Gasteiger partial charge is 0.471 e. The molecule has 1 heterocycles. The number of carbonyl (C=O) groups excluding carboxylic acids is 1. The van der Waals surface area contributed by atoms with E-state index in [0.717, 1.165) is 4.90 Å². The molecule has 0 aromatic rings. The molecule has 1 fully saturated rings. The third kappa shape index (κ3) is 3.01. The number of alkyl halides is 3. The second-order valence-electron chi connectivity index (χ2n) is 3.48. The molecule has 5 nitrogen and oxygen atoms in total. The Morgan fingerprint density at radius 1 is 1.44 bits per heavy atom. The molecule has 8 heteroatoms. The average molecular weight is 240 g/mol. The first-order chi connectivity index (χ1) is 7.32. The first-order valence-electron chi connectivity index (χ1n) is 4.67. The van der Waals surface area contributed by atoms with Gasteiger partial charge in [0.1, 0.15) is 0 Å². The van der Waals surface area contributed by atoms with E-state index in [1.54, 1.807) is 5.32 Å². The molecule has 1 aliphatic heterocycles. The van der Waals surface area contributed by atoms with Crippen LogP contribution in [0.5, 0.6) is 0 Å². The fourth-order valence-electron chi connectivity index (χ4n) is 1.61. The molecular weight excluding hydrogens is 229 g/mol. The lowest BCUT2D eigenvalue weighted by Crippen LogP contribution is -2.46. The van der Waals surface area contributed by atoms with Crippen molar-refractivity contribution in [3.8, 4) is 0 Å². The van der Waals surface area contributed by atoms with Crippen molar-refractivity contribution in [2.75, 3.05) is 13.1 Å². The molecule has 92 valence electrons. The molecule has 0 bridgehead atoms. The zero-order valence-corrected chi connectivity index (χ0v) is 8.25. The highest BCUT2D eigenvalue weighted by Crippen LogP contribution is 2.18. The van der Waals surface area contributed by atoms with Gasteiger partial charge in [0.15, 0.2) is 0 Å². The molecule has 0 aromatic heterocycles. The summed E-state index contributed by atoms with van der Waals surface area (Å²) in [7, 11) is 0. The van der Waals surface area contributed by atoms with E-state index in [1.165, 1.54) is 0 Å². The fourth-order valence-corrected chi connectivity index (χ4v) is 1.61. The normalized spacial score (nSPS) is 20.9. The van der Waals surface area contributed by atoms with Crippen molar-refractivity contribution in [2.24, 2.45) is 0 Å². The number of likely N-dealkylation sites (tertiary alicyclic amines) is 1. The molecule has 0 aromatic carbocycles. The molecule has 0 radical (unpaired) electrons. The number of carbonyl (C=O) groups is 2. The van der Waals surface area contributed by atoms with Gasteiger partial charge in [0.05, 0.1) is 6.04 Å². The minimum Gasteiger partial charge on any atom is -0.465 e. The monoisotopic (exact) mass is 240 g/mol. The maximum atomic E-state index is 11.8. The lowest BCUT2D eigenvalue weighted by atomic mass is 10.2. The van der Waals surface area contributed by atoms with Gasteiger partial charge in [0, 0.05) is 13.1 Å². The number of halogens is 3. The Hall–Kier alpha value is -1.47. The van der Waals surface area contributed by atoms with Crippen LogP contribution in [0.3, 0.4) is 0 Å². The second kappa shape index (κ2) is 4.58. The molecule has 2 amide bonds. The van der Waals surface area contributed by atoms with E-state index in [1.807, 2.05) is 0 Å². The topological polar surface area (TPSA) is 69.6 Å². The molecule has 16 heavy (non-hydrogen) atoms. The lowest BCUT2D eigenvalue weighted by Gasteiger charge is -2.21. The smallest absolute Gasteiger partial charge is 0.465 e. The molecule has 1 rings (SSSR count). The predicted octanol–water partition coefficient (Wildman–Crippen LogP) is 0.807. The van der Waals surface area contributed by atoms with E-state index < -0.39 is 24.2 Å². The molecule has 1 saturated heterocycles. The zero-order chi connectivity index (χ0) is 12.3. The third-order valence-corrected chi connectivity index (χ3v) is 2.38. The minimum absolute atomic E-state index is 0.294. The van der Waals surface area contributed by atoms with Gasteiger partial charge in [-0.1, -0.05) is 0 Å². The first-order valence-corrected chi connectivity index (χ1v) is 4.67. The third-order valence-electron chi connectivity index (χ3n) is 2.38. The zero-order valence-electron chi connectivity index (χ0n) is 8.25. The van der Waals surface area contributed by atoms with Crippen molar-refractivity contribution < 1.29 is 27.9 Å². The van der Waals surface area contributed by atoms with Crippen LogP contribution in [-0.2, 0) is 4.79 Å². The summed E-state index contributed by atoms with van der Waals surface area (Å²) in [5.74, 6) is -2.04. The molecule has 0 aliphatic carbocycles. The van der Waals surface area contributed by atoms with Gasteiger partial charge in [-0.25, -0.2) is 4.79 Å². The van der Waals surface area contributed by atoms with Crippen LogP contribution < -0.4 is 5.32 Å². The van der Waals surface area contributed by atoms with E-state index in [0.29, 0.717) is 19.4 Å². The van der Waals surface area contributed by atoms with Crippen molar-refractivity contribution >= 4 is 12.0 Å². The van der Waals surface area contributed by atoms with Crippen molar-refractivity contribution in [1.82, 2.24) is 10.2 Å². The molecule has 2 N–H and O–H groups in total. The fraction of sp³-hybridized carbons (Fsp3) is 0.750. The van der Waals surface area contributed by atoms with Crippen LogP contribution in [0.4, 0.5) is 18.0 Å². The SMILES string of the molecule is O=C(O)N1CCC[C@H]1CNC(=O)C(F)(F)F. The Bertz CT molecular complexity index is 293. The Morgan fingerprint density at radius 3 is 2.56 bits per heavy atom. The summed E-state index contributed by atoms with van der Waals surface area (Å²) in [5.41, 5.74) is 0.